The second-order valence-electron chi connectivity index (χ2n) is 8.77. The monoisotopic (exact) mass is 405 g/mol. The number of rotatable bonds is 3. The Bertz CT molecular complexity index is 983. The van der Waals surface area contributed by atoms with Gasteiger partial charge in [0.25, 0.3) is 0 Å². The van der Waals surface area contributed by atoms with E-state index in [1.165, 1.54) is 35.8 Å². The van der Waals surface area contributed by atoms with Crippen LogP contribution in [-0.4, -0.2) is 41.7 Å². The second kappa shape index (κ2) is 8.31. The van der Waals surface area contributed by atoms with Gasteiger partial charge in [-0.25, -0.2) is 4.79 Å². The number of urea groups is 1. The number of methoxy groups -OCH3 is 1. The number of hydrogen-bond donors (Lipinski definition) is 2. The summed E-state index contributed by atoms with van der Waals surface area (Å²) in [5, 5.41) is 4.62. The number of benzene rings is 1. The molecule has 2 N–H and O–H groups in total. The third-order valence-corrected chi connectivity index (χ3v) is 6.94. The van der Waals surface area contributed by atoms with E-state index >= 15 is 0 Å². The van der Waals surface area contributed by atoms with Crippen LogP contribution in [0.3, 0.4) is 0 Å². The quantitative estimate of drug-likeness (QED) is 0.754. The van der Waals surface area contributed by atoms with Crippen LogP contribution in [0.4, 0.5) is 4.79 Å². The Morgan fingerprint density at radius 1 is 1.20 bits per heavy atom. The maximum Gasteiger partial charge on any atom is 0.318 e. The smallest absolute Gasteiger partial charge is 0.318 e. The van der Waals surface area contributed by atoms with Gasteiger partial charge in [0, 0.05) is 36.3 Å². The molecule has 1 aromatic heterocycles. The first-order valence-corrected chi connectivity index (χ1v) is 11.3. The maximum absolute atomic E-state index is 13.4. The molecule has 30 heavy (non-hydrogen) atoms. The number of hydrogen-bond acceptors (Lipinski definition) is 2. The third-order valence-electron chi connectivity index (χ3n) is 6.94. The highest BCUT2D eigenvalue weighted by Gasteiger charge is 2.36. The normalized spacial score (nSPS) is 24.6. The van der Waals surface area contributed by atoms with E-state index in [4.69, 9.17) is 4.74 Å². The molecule has 1 aliphatic heterocycles. The number of carbonyl (C=O) groups is 1. The summed E-state index contributed by atoms with van der Waals surface area (Å²) in [5.41, 5.74) is 4.83. The average molecular weight is 406 g/mol. The predicted octanol–water partition coefficient (Wildman–Crippen LogP) is 5.01. The fourth-order valence-electron chi connectivity index (χ4n) is 5.31. The van der Waals surface area contributed by atoms with Crippen molar-refractivity contribution in [2.75, 3.05) is 13.7 Å². The van der Waals surface area contributed by atoms with E-state index in [-0.39, 0.29) is 18.2 Å². The van der Waals surface area contributed by atoms with Crippen molar-refractivity contribution in [3.05, 3.63) is 59.3 Å². The van der Waals surface area contributed by atoms with Crippen molar-refractivity contribution < 1.29 is 9.53 Å². The van der Waals surface area contributed by atoms with Crippen LogP contribution in [0, 0.1) is 0 Å². The first-order valence-electron chi connectivity index (χ1n) is 11.3. The molecule has 3 aliphatic rings. The Morgan fingerprint density at radius 2 is 2.03 bits per heavy atom. The molecule has 0 bridgehead atoms. The van der Waals surface area contributed by atoms with Crippen LogP contribution in [0.2, 0.25) is 0 Å². The minimum absolute atomic E-state index is 0.0689. The Balaban J connectivity index is 1.49. The molecule has 2 atom stereocenters. The number of para-hydroxylation sites is 1. The van der Waals surface area contributed by atoms with E-state index in [0.29, 0.717) is 6.04 Å². The standard InChI is InChI=1S/C25H31N3O2/c1-30-19-13-11-17(12-14-19)24-23-21(20-9-5-6-10-22(20)27-23)15-16-28(24)25(29)26-18-7-3-2-4-8-18/h5-6,9-13,18-19,24,27H,2-4,7-8,14-16H2,1H3,(H,26,29). The van der Waals surface area contributed by atoms with E-state index in [2.05, 4.69) is 52.8 Å². The second-order valence-corrected chi connectivity index (χ2v) is 8.77. The Hall–Kier alpha value is -2.53. The van der Waals surface area contributed by atoms with Crippen molar-refractivity contribution in [1.29, 1.82) is 0 Å². The number of H-pyrrole nitrogens is 1. The minimum atomic E-state index is -0.0844. The highest BCUT2D eigenvalue weighted by molar-refractivity contribution is 5.86. The van der Waals surface area contributed by atoms with Gasteiger partial charge < -0.3 is 19.9 Å². The van der Waals surface area contributed by atoms with Crippen molar-refractivity contribution in [2.45, 2.75) is 63.1 Å². The van der Waals surface area contributed by atoms with Crippen molar-refractivity contribution in [3.63, 3.8) is 0 Å². The number of aromatic amines is 1. The molecule has 0 radical (unpaired) electrons. The fraction of sp³-hybridized carbons (Fsp3) is 0.480. The molecule has 2 heterocycles. The number of carbonyl (C=O) groups excluding carboxylic acids is 1. The topological polar surface area (TPSA) is 57.4 Å². The van der Waals surface area contributed by atoms with E-state index < -0.39 is 0 Å². The third kappa shape index (κ3) is 3.56. The highest BCUT2D eigenvalue weighted by Crippen LogP contribution is 2.40. The molecule has 5 nitrogen and oxygen atoms in total. The fourth-order valence-corrected chi connectivity index (χ4v) is 5.31. The number of nitrogens with one attached hydrogen (secondary N) is 2. The van der Waals surface area contributed by atoms with Gasteiger partial charge in [-0.2, -0.15) is 0 Å². The van der Waals surface area contributed by atoms with Crippen LogP contribution in [0.25, 0.3) is 10.9 Å². The molecular formula is C25H31N3O2. The van der Waals surface area contributed by atoms with E-state index in [9.17, 15) is 4.79 Å². The molecule has 5 rings (SSSR count). The lowest BCUT2D eigenvalue weighted by Gasteiger charge is -2.38. The SMILES string of the molecule is COC1C=CC(C2c3[nH]c4ccccc4c3CCN2C(=O)NC2CCCCC2)=CC1. The van der Waals surface area contributed by atoms with Crippen LogP contribution < -0.4 is 5.32 Å². The van der Waals surface area contributed by atoms with Crippen molar-refractivity contribution in [1.82, 2.24) is 15.2 Å². The van der Waals surface area contributed by atoms with Gasteiger partial charge in [0.2, 0.25) is 0 Å². The van der Waals surface area contributed by atoms with Gasteiger partial charge in [0.15, 0.2) is 0 Å². The molecule has 158 valence electrons. The minimum Gasteiger partial charge on any atom is -0.377 e. The Kier molecular flexibility index (Phi) is 5.38. The largest absolute Gasteiger partial charge is 0.377 e. The lowest BCUT2D eigenvalue weighted by Crippen LogP contribution is -2.49. The molecule has 1 fully saturated rings. The molecule has 0 saturated heterocycles. The Morgan fingerprint density at radius 3 is 2.80 bits per heavy atom. The summed E-state index contributed by atoms with van der Waals surface area (Å²) in [6, 6.07) is 8.77. The maximum atomic E-state index is 13.4. The summed E-state index contributed by atoms with van der Waals surface area (Å²) in [4.78, 5) is 19.1. The van der Waals surface area contributed by atoms with Gasteiger partial charge >= 0.3 is 6.03 Å². The van der Waals surface area contributed by atoms with Gasteiger partial charge in [-0.1, -0.05) is 55.7 Å². The summed E-state index contributed by atoms with van der Waals surface area (Å²) in [5.74, 6) is 0. The van der Waals surface area contributed by atoms with Crippen LogP contribution >= 0.6 is 0 Å². The van der Waals surface area contributed by atoms with Gasteiger partial charge in [-0.15, -0.1) is 0 Å². The number of nitrogens with zero attached hydrogens (tertiary/aromatic N) is 1. The van der Waals surface area contributed by atoms with E-state index in [1.54, 1.807) is 7.11 Å². The summed E-state index contributed by atoms with van der Waals surface area (Å²) in [6.07, 6.45) is 14.2. The molecule has 5 heteroatoms. The predicted molar refractivity (Wildman–Crippen MR) is 119 cm³/mol. The zero-order chi connectivity index (χ0) is 20.5. The molecule has 0 spiro atoms. The molecule has 1 saturated carbocycles. The number of ether oxygens (including phenoxy) is 1. The van der Waals surface area contributed by atoms with Crippen LogP contribution in [-0.2, 0) is 11.2 Å². The summed E-state index contributed by atoms with van der Waals surface area (Å²) < 4.78 is 5.49. The number of fused-ring (bicyclic) bond motifs is 3. The summed E-state index contributed by atoms with van der Waals surface area (Å²) in [6.45, 7) is 0.733. The van der Waals surface area contributed by atoms with Crippen molar-refractivity contribution >= 4 is 16.9 Å². The molecule has 2 amide bonds. The van der Waals surface area contributed by atoms with Crippen LogP contribution in [0.15, 0.2) is 48.1 Å². The summed E-state index contributed by atoms with van der Waals surface area (Å²) in [7, 11) is 1.74. The number of amides is 2. The van der Waals surface area contributed by atoms with Gasteiger partial charge in [-0.3, -0.25) is 0 Å². The van der Waals surface area contributed by atoms with Gasteiger partial charge in [-0.05, 0) is 42.9 Å². The van der Waals surface area contributed by atoms with Crippen LogP contribution in [0.1, 0.15) is 55.8 Å². The first-order chi connectivity index (χ1) is 14.7. The van der Waals surface area contributed by atoms with Crippen LogP contribution in [0.5, 0.6) is 0 Å². The highest BCUT2D eigenvalue weighted by atomic mass is 16.5. The van der Waals surface area contributed by atoms with Crippen molar-refractivity contribution in [2.24, 2.45) is 0 Å². The molecule has 2 unspecified atom stereocenters. The van der Waals surface area contributed by atoms with Gasteiger partial charge in [0.1, 0.15) is 0 Å². The average Bonchev–Trinajstić information content (AvgIpc) is 3.18. The molecule has 2 aromatic rings. The first kappa shape index (κ1) is 19.4. The van der Waals surface area contributed by atoms with Gasteiger partial charge in [0.05, 0.1) is 12.1 Å². The molecular weight excluding hydrogens is 374 g/mol. The Labute approximate surface area is 178 Å². The number of aromatic nitrogens is 1. The lowest BCUT2D eigenvalue weighted by molar-refractivity contribution is 0.141. The molecule has 2 aliphatic carbocycles. The summed E-state index contributed by atoms with van der Waals surface area (Å²) >= 11 is 0. The van der Waals surface area contributed by atoms with E-state index in [0.717, 1.165) is 43.4 Å². The van der Waals surface area contributed by atoms with Crippen molar-refractivity contribution in [3.8, 4) is 0 Å². The van der Waals surface area contributed by atoms with E-state index in [1.807, 2.05) is 4.90 Å². The molecule has 1 aromatic carbocycles. The lowest BCUT2D eigenvalue weighted by atomic mass is 9.89. The zero-order valence-electron chi connectivity index (χ0n) is 17.7. The zero-order valence-corrected chi connectivity index (χ0v) is 17.7.